The zero-order valence-electron chi connectivity index (χ0n) is 21.8. The van der Waals surface area contributed by atoms with E-state index in [4.69, 9.17) is 9.47 Å². The quantitative estimate of drug-likeness (QED) is 0.602. The maximum atomic E-state index is 12.9. The highest BCUT2D eigenvalue weighted by Gasteiger charge is 2.34. The molecule has 1 fully saturated rings. The van der Waals surface area contributed by atoms with E-state index in [0.717, 1.165) is 12.0 Å². The third-order valence-corrected chi connectivity index (χ3v) is 6.66. The molecule has 2 aromatic rings. The van der Waals surface area contributed by atoms with E-state index < -0.39 is 0 Å². The van der Waals surface area contributed by atoms with E-state index in [1.54, 1.807) is 33.2 Å². The number of carbonyl (C=O) groups is 2. The van der Waals surface area contributed by atoms with Gasteiger partial charge in [0.25, 0.3) is 0 Å². The molecule has 0 radical (unpaired) electrons. The van der Waals surface area contributed by atoms with Crippen molar-refractivity contribution in [2.75, 3.05) is 31.1 Å². The summed E-state index contributed by atoms with van der Waals surface area (Å²) in [4.78, 5) is 35.2. The lowest BCUT2D eigenvalue weighted by atomic mass is 10.1. The van der Waals surface area contributed by atoms with Gasteiger partial charge in [-0.1, -0.05) is 19.9 Å². The van der Waals surface area contributed by atoms with Gasteiger partial charge in [0.05, 0.1) is 26.5 Å². The number of amides is 3. The van der Waals surface area contributed by atoms with Crippen LogP contribution in [0.4, 0.5) is 16.3 Å². The predicted molar refractivity (Wildman–Crippen MR) is 138 cm³/mol. The van der Waals surface area contributed by atoms with Crippen LogP contribution >= 0.6 is 0 Å². The van der Waals surface area contributed by atoms with Gasteiger partial charge in [0.1, 0.15) is 17.4 Å². The van der Waals surface area contributed by atoms with Gasteiger partial charge in [-0.25, -0.2) is 14.8 Å². The minimum absolute atomic E-state index is 0.0382. The molecule has 36 heavy (non-hydrogen) atoms. The van der Waals surface area contributed by atoms with E-state index in [2.05, 4.69) is 28.8 Å². The number of rotatable bonds is 5. The summed E-state index contributed by atoms with van der Waals surface area (Å²) in [6.07, 6.45) is 6.63. The van der Waals surface area contributed by atoms with E-state index >= 15 is 0 Å². The van der Waals surface area contributed by atoms with Crippen molar-refractivity contribution < 1.29 is 24.2 Å². The van der Waals surface area contributed by atoms with Crippen LogP contribution in [0.5, 0.6) is 17.2 Å². The summed E-state index contributed by atoms with van der Waals surface area (Å²) in [5.74, 6) is 2.40. The normalized spacial score (nSPS) is 18.7. The minimum atomic E-state index is -0.306. The van der Waals surface area contributed by atoms with Crippen LogP contribution in [0.2, 0.25) is 0 Å². The van der Waals surface area contributed by atoms with Gasteiger partial charge in [-0.2, -0.15) is 0 Å². The van der Waals surface area contributed by atoms with Crippen molar-refractivity contribution in [3.05, 3.63) is 41.9 Å². The number of aryl methyl sites for hydroxylation is 1. The van der Waals surface area contributed by atoms with Crippen LogP contribution in [0.25, 0.3) is 0 Å². The molecule has 0 spiro atoms. The second-order valence-corrected chi connectivity index (χ2v) is 9.02. The van der Waals surface area contributed by atoms with Gasteiger partial charge in [-0.05, 0) is 38.7 Å². The van der Waals surface area contributed by atoms with Crippen LogP contribution in [0.3, 0.4) is 0 Å². The van der Waals surface area contributed by atoms with Crippen molar-refractivity contribution in [3.8, 4) is 17.2 Å². The van der Waals surface area contributed by atoms with E-state index in [1.165, 1.54) is 42.9 Å². The fourth-order valence-electron chi connectivity index (χ4n) is 4.58. The topological polar surface area (TPSA) is 117 Å². The largest absolute Gasteiger partial charge is 0.503 e. The van der Waals surface area contributed by atoms with Crippen molar-refractivity contribution >= 4 is 23.4 Å². The van der Waals surface area contributed by atoms with E-state index in [1.807, 2.05) is 0 Å². The number of nitrogens with zero attached hydrogens (tertiary/aromatic N) is 4. The Morgan fingerprint density at radius 1 is 1.25 bits per heavy atom. The third kappa shape index (κ3) is 5.37. The molecular weight excluding hydrogens is 462 g/mol. The molecule has 2 N–H and O–H groups in total. The number of methoxy groups -OCH3 is 2. The molecular formula is C26H35N5O5. The number of anilines is 2. The maximum Gasteiger partial charge on any atom is 0.330 e. The Kier molecular flexibility index (Phi) is 8.39. The molecule has 1 unspecified atom stereocenters. The summed E-state index contributed by atoms with van der Waals surface area (Å²) in [6.45, 7) is 9.39. The Morgan fingerprint density at radius 2 is 1.94 bits per heavy atom. The Hall–Kier alpha value is -3.82. The van der Waals surface area contributed by atoms with Gasteiger partial charge < -0.3 is 19.9 Å². The first-order chi connectivity index (χ1) is 17.1. The lowest BCUT2D eigenvalue weighted by Crippen LogP contribution is -2.46. The minimum Gasteiger partial charge on any atom is -0.503 e. The van der Waals surface area contributed by atoms with E-state index in [0.29, 0.717) is 40.6 Å². The molecule has 0 bridgehead atoms. The third-order valence-electron chi connectivity index (χ3n) is 6.66. The summed E-state index contributed by atoms with van der Waals surface area (Å²) in [5.41, 5.74) is 1.77. The molecule has 194 valence electrons. The molecule has 2 heterocycles. The zero-order chi connectivity index (χ0) is 26.6. The molecule has 4 rings (SSSR count). The summed E-state index contributed by atoms with van der Waals surface area (Å²) in [7, 11) is 4.62. The van der Waals surface area contributed by atoms with Crippen molar-refractivity contribution in [1.82, 2.24) is 15.3 Å². The smallest absolute Gasteiger partial charge is 0.330 e. The van der Waals surface area contributed by atoms with Gasteiger partial charge in [0.2, 0.25) is 5.91 Å². The van der Waals surface area contributed by atoms with Crippen molar-refractivity contribution in [2.45, 2.75) is 52.6 Å². The number of carbonyl (C=O) groups excluding carboxylic acids is 2. The van der Waals surface area contributed by atoms with Gasteiger partial charge in [-0.15, -0.1) is 0 Å². The maximum absolute atomic E-state index is 12.9. The van der Waals surface area contributed by atoms with Gasteiger partial charge in [0, 0.05) is 36.5 Å². The summed E-state index contributed by atoms with van der Waals surface area (Å²) >= 11 is 0. The molecule has 10 nitrogen and oxygen atoms in total. The second kappa shape index (κ2) is 11.3. The van der Waals surface area contributed by atoms with Crippen LogP contribution in [-0.2, 0) is 11.3 Å². The first kappa shape index (κ1) is 26.8. The first-order valence-electron chi connectivity index (χ1n) is 11.9. The Morgan fingerprint density at radius 3 is 2.53 bits per heavy atom. The van der Waals surface area contributed by atoms with Gasteiger partial charge in [0.15, 0.2) is 11.5 Å². The molecule has 2 atom stereocenters. The van der Waals surface area contributed by atoms with Gasteiger partial charge >= 0.3 is 6.03 Å². The van der Waals surface area contributed by atoms with Crippen LogP contribution in [0.1, 0.15) is 43.1 Å². The first-order valence-corrected chi connectivity index (χ1v) is 11.9. The number of phenolic OH excluding ortho intramolecular Hbond substituents is 1. The molecule has 0 saturated heterocycles. The number of nitrogens with one attached hydrogen (secondary N) is 1. The van der Waals surface area contributed by atoms with Crippen LogP contribution in [0, 0.1) is 19.8 Å². The monoisotopic (exact) mass is 497 g/mol. The number of aromatic nitrogens is 2. The molecule has 1 saturated carbocycles. The van der Waals surface area contributed by atoms with Crippen LogP contribution in [0.15, 0.2) is 24.9 Å². The average Bonchev–Trinajstić information content (AvgIpc) is 3.27. The standard InChI is InChI=1S/C17H20N4O4.C9H15NO/c1-9-12(24-4)6-13(25-5)15(22)14(9)21-8-11-7-18-10(2)19-16(11)20(3)17(21)23;1-3-9(11)10-8-6-4-5-7(8)2/h6-7,22H,8H2,1-5H3;3,7-8H,1,4-6H2,2H3,(H,10,11)/t;7-,8?/m.1/s1. The second-order valence-electron chi connectivity index (χ2n) is 9.02. The van der Waals surface area contributed by atoms with Crippen LogP contribution < -0.4 is 24.6 Å². The fraction of sp³-hybridized carbons (Fsp3) is 0.462. The highest BCUT2D eigenvalue weighted by molar-refractivity contribution is 6.06. The highest BCUT2D eigenvalue weighted by atomic mass is 16.5. The van der Waals surface area contributed by atoms with Crippen molar-refractivity contribution in [1.29, 1.82) is 0 Å². The molecule has 1 aliphatic carbocycles. The molecule has 2 aliphatic rings. The number of ether oxygens (including phenoxy) is 2. The molecule has 1 aliphatic heterocycles. The number of fused-ring (bicyclic) bond motifs is 1. The van der Waals surface area contributed by atoms with Gasteiger partial charge in [-0.3, -0.25) is 14.6 Å². The Labute approximate surface area is 211 Å². The van der Waals surface area contributed by atoms with Crippen LogP contribution in [-0.4, -0.2) is 54.3 Å². The Bertz CT molecular complexity index is 1120. The summed E-state index contributed by atoms with van der Waals surface area (Å²) < 4.78 is 10.6. The van der Waals surface area contributed by atoms with Crippen molar-refractivity contribution in [2.24, 2.45) is 5.92 Å². The number of aromatic hydroxyl groups is 1. The van der Waals surface area contributed by atoms with E-state index in [9.17, 15) is 14.7 Å². The Balaban J connectivity index is 0.000000275. The molecule has 1 aromatic carbocycles. The molecule has 10 heteroatoms. The fourth-order valence-corrected chi connectivity index (χ4v) is 4.58. The average molecular weight is 498 g/mol. The van der Waals surface area contributed by atoms with Crippen molar-refractivity contribution in [3.63, 3.8) is 0 Å². The number of phenols is 1. The number of hydrogen-bond acceptors (Lipinski definition) is 7. The molecule has 3 amide bonds. The number of urea groups is 1. The molecule has 1 aromatic heterocycles. The number of benzene rings is 1. The lowest BCUT2D eigenvalue weighted by Gasteiger charge is -2.35. The summed E-state index contributed by atoms with van der Waals surface area (Å²) in [6, 6.07) is 1.67. The lowest BCUT2D eigenvalue weighted by molar-refractivity contribution is -0.117. The predicted octanol–water partition coefficient (Wildman–Crippen LogP) is 3.87. The number of hydrogen-bond donors (Lipinski definition) is 2. The highest BCUT2D eigenvalue weighted by Crippen LogP contribution is 2.46. The summed E-state index contributed by atoms with van der Waals surface area (Å²) in [5, 5.41) is 13.5. The zero-order valence-corrected chi connectivity index (χ0v) is 21.8. The van der Waals surface area contributed by atoms with E-state index in [-0.39, 0.29) is 30.0 Å². The SMILES string of the molecule is C=CC(=O)NC1CCC[C@H]1C.COc1cc(OC)c(O)c(N2Cc3cnc(C)nc3N(C)C2=O)c1C.